The van der Waals surface area contributed by atoms with Crippen LogP contribution in [-0.4, -0.2) is 18.4 Å². The molecule has 15 heavy (non-hydrogen) atoms. The fourth-order valence-corrected chi connectivity index (χ4v) is 2.21. The Morgan fingerprint density at radius 1 is 1.53 bits per heavy atom. The van der Waals surface area contributed by atoms with E-state index in [0.29, 0.717) is 11.1 Å². The van der Waals surface area contributed by atoms with E-state index in [4.69, 9.17) is 4.42 Å². The zero-order valence-electron chi connectivity index (χ0n) is 8.46. The van der Waals surface area contributed by atoms with Crippen LogP contribution in [-0.2, 0) is 11.2 Å². The maximum atomic E-state index is 11.8. The molecule has 0 amide bonds. The molecule has 2 heterocycles. The predicted molar refractivity (Wildman–Crippen MR) is 60.8 cm³/mol. The number of rotatable bonds is 3. The van der Waals surface area contributed by atoms with E-state index < -0.39 is 0 Å². The van der Waals surface area contributed by atoms with Gasteiger partial charge in [-0.1, -0.05) is 6.42 Å². The monoisotopic (exact) mass is 271 g/mol. The summed E-state index contributed by atoms with van der Waals surface area (Å²) >= 11 is 3.22. The van der Waals surface area contributed by atoms with Gasteiger partial charge in [-0.05, 0) is 47.4 Å². The molecule has 1 aromatic rings. The standard InChI is InChI=1S/C11H14BrNO2/c12-11-5-4-8(15-11)7-10(14)9-3-1-2-6-13-9/h4-5,9,13H,1-3,6-7H2. The fraction of sp³-hybridized carbons (Fsp3) is 0.545. The summed E-state index contributed by atoms with van der Waals surface area (Å²) in [6.07, 6.45) is 3.67. The Morgan fingerprint density at radius 2 is 2.40 bits per heavy atom. The minimum absolute atomic E-state index is 0.0302. The van der Waals surface area contributed by atoms with Crippen molar-refractivity contribution in [3.05, 3.63) is 22.6 Å². The van der Waals surface area contributed by atoms with E-state index in [-0.39, 0.29) is 11.8 Å². The Hall–Kier alpha value is -0.610. The number of nitrogens with one attached hydrogen (secondary N) is 1. The van der Waals surface area contributed by atoms with Crippen LogP contribution in [0.4, 0.5) is 0 Å². The molecule has 1 N–H and O–H groups in total. The van der Waals surface area contributed by atoms with Crippen LogP contribution in [0.5, 0.6) is 0 Å². The van der Waals surface area contributed by atoms with Crippen LogP contribution >= 0.6 is 15.9 Å². The van der Waals surface area contributed by atoms with Crippen molar-refractivity contribution in [2.45, 2.75) is 31.7 Å². The van der Waals surface area contributed by atoms with Gasteiger partial charge < -0.3 is 9.73 Å². The van der Waals surface area contributed by atoms with Crippen LogP contribution in [0.2, 0.25) is 0 Å². The third-order valence-corrected chi connectivity index (χ3v) is 3.10. The zero-order chi connectivity index (χ0) is 10.7. The topological polar surface area (TPSA) is 42.2 Å². The number of piperidine rings is 1. The molecule has 0 aliphatic carbocycles. The van der Waals surface area contributed by atoms with E-state index in [1.807, 2.05) is 12.1 Å². The molecule has 0 aromatic carbocycles. The molecule has 4 heteroatoms. The Labute approximate surface area is 97.4 Å². The van der Waals surface area contributed by atoms with Gasteiger partial charge in [0.05, 0.1) is 12.5 Å². The van der Waals surface area contributed by atoms with Gasteiger partial charge in [-0.3, -0.25) is 4.79 Å². The van der Waals surface area contributed by atoms with Gasteiger partial charge in [0, 0.05) is 0 Å². The van der Waals surface area contributed by atoms with Crippen molar-refractivity contribution < 1.29 is 9.21 Å². The molecule has 0 saturated carbocycles. The molecule has 0 radical (unpaired) electrons. The normalized spacial score (nSPS) is 21.5. The van der Waals surface area contributed by atoms with E-state index in [1.54, 1.807) is 0 Å². The molecule has 1 unspecified atom stereocenters. The average Bonchev–Trinajstić information content (AvgIpc) is 2.65. The van der Waals surface area contributed by atoms with Crippen molar-refractivity contribution in [2.75, 3.05) is 6.54 Å². The first kappa shape index (κ1) is 10.9. The van der Waals surface area contributed by atoms with Gasteiger partial charge in [-0.25, -0.2) is 0 Å². The second kappa shape index (κ2) is 4.94. The highest BCUT2D eigenvalue weighted by Gasteiger charge is 2.21. The average molecular weight is 272 g/mol. The van der Waals surface area contributed by atoms with Crippen LogP contribution in [0.25, 0.3) is 0 Å². The molecule has 2 rings (SSSR count). The second-order valence-corrected chi connectivity index (χ2v) is 4.63. The Kier molecular flexibility index (Phi) is 3.59. The molecule has 1 saturated heterocycles. The van der Waals surface area contributed by atoms with Gasteiger partial charge in [-0.2, -0.15) is 0 Å². The van der Waals surface area contributed by atoms with Crippen LogP contribution in [0.1, 0.15) is 25.0 Å². The van der Waals surface area contributed by atoms with Crippen LogP contribution < -0.4 is 5.32 Å². The lowest BCUT2D eigenvalue weighted by molar-refractivity contribution is -0.121. The number of Topliss-reactive ketones (excluding diaryl/α,β-unsaturated/α-hetero) is 1. The lowest BCUT2D eigenvalue weighted by atomic mass is 9.99. The van der Waals surface area contributed by atoms with E-state index in [9.17, 15) is 4.79 Å². The lowest BCUT2D eigenvalue weighted by Gasteiger charge is -2.21. The van der Waals surface area contributed by atoms with Gasteiger partial charge in [0.25, 0.3) is 0 Å². The van der Waals surface area contributed by atoms with Crippen molar-refractivity contribution in [1.29, 1.82) is 0 Å². The zero-order valence-corrected chi connectivity index (χ0v) is 10.0. The SMILES string of the molecule is O=C(Cc1ccc(Br)o1)C1CCCCN1. The summed E-state index contributed by atoms with van der Waals surface area (Å²) in [6, 6.07) is 3.68. The minimum Gasteiger partial charge on any atom is -0.454 e. The maximum absolute atomic E-state index is 11.8. The van der Waals surface area contributed by atoms with Crippen molar-refractivity contribution in [2.24, 2.45) is 0 Å². The first-order valence-corrected chi connectivity index (χ1v) is 6.05. The first-order valence-electron chi connectivity index (χ1n) is 5.26. The molecule has 1 fully saturated rings. The molecule has 1 aliphatic rings. The van der Waals surface area contributed by atoms with Crippen molar-refractivity contribution in [1.82, 2.24) is 5.32 Å². The maximum Gasteiger partial charge on any atom is 0.169 e. The van der Waals surface area contributed by atoms with Gasteiger partial charge in [-0.15, -0.1) is 0 Å². The van der Waals surface area contributed by atoms with Crippen LogP contribution in [0.15, 0.2) is 21.2 Å². The van der Waals surface area contributed by atoms with E-state index in [1.165, 1.54) is 6.42 Å². The van der Waals surface area contributed by atoms with Crippen molar-refractivity contribution >= 4 is 21.7 Å². The van der Waals surface area contributed by atoms with Crippen molar-refractivity contribution in [3.8, 4) is 0 Å². The molecule has 0 bridgehead atoms. The third kappa shape index (κ3) is 2.92. The second-order valence-electron chi connectivity index (χ2n) is 3.85. The Morgan fingerprint density at radius 3 is 3.00 bits per heavy atom. The summed E-state index contributed by atoms with van der Waals surface area (Å²) < 4.78 is 6.00. The quantitative estimate of drug-likeness (QED) is 0.918. The number of furan rings is 1. The number of halogens is 1. The van der Waals surface area contributed by atoms with E-state index in [0.717, 1.165) is 25.1 Å². The number of ketones is 1. The first-order chi connectivity index (χ1) is 7.25. The Bertz CT molecular complexity index is 342. The number of hydrogen-bond donors (Lipinski definition) is 1. The lowest BCUT2D eigenvalue weighted by Crippen LogP contribution is -2.41. The molecule has 1 atom stereocenters. The molecule has 0 spiro atoms. The van der Waals surface area contributed by atoms with Gasteiger partial charge in [0.2, 0.25) is 0 Å². The highest BCUT2D eigenvalue weighted by molar-refractivity contribution is 9.10. The largest absolute Gasteiger partial charge is 0.454 e. The molecule has 1 aromatic heterocycles. The van der Waals surface area contributed by atoms with Gasteiger partial charge >= 0.3 is 0 Å². The summed E-state index contributed by atoms with van der Waals surface area (Å²) in [6.45, 7) is 0.957. The molecular formula is C11H14BrNO2. The predicted octanol–water partition coefficient (Wildman–Crippen LogP) is 2.30. The summed E-state index contributed by atoms with van der Waals surface area (Å²) in [4.78, 5) is 11.8. The number of carbonyl (C=O) groups excluding carboxylic acids is 1. The fourth-order valence-electron chi connectivity index (χ4n) is 1.87. The molecular weight excluding hydrogens is 258 g/mol. The van der Waals surface area contributed by atoms with Gasteiger partial charge in [0.15, 0.2) is 10.5 Å². The third-order valence-electron chi connectivity index (χ3n) is 2.68. The van der Waals surface area contributed by atoms with Crippen LogP contribution in [0, 0.1) is 0 Å². The summed E-state index contributed by atoms with van der Waals surface area (Å²) in [5.74, 6) is 0.968. The highest BCUT2D eigenvalue weighted by atomic mass is 79.9. The van der Waals surface area contributed by atoms with E-state index in [2.05, 4.69) is 21.2 Å². The van der Waals surface area contributed by atoms with E-state index >= 15 is 0 Å². The van der Waals surface area contributed by atoms with Crippen LogP contribution in [0.3, 0.4) is 0 Å². The minimum atomic E-state index is 0.0302. The highest BCUT2D eigenvalue weighted by Crippen LogP contribution is 2.16. The molecule has 82 valence electrons. The van der Waals surface area contributed by atoms with Crippen molar-refractivity contribution in [3.63, 3.8) is 0 Å². The summed E-state index contributed by atoms with van der Waals surface area (Å²) in [5.41, 5.74) is 0. The number of hydrogen-bond acceptors (Lipinski definition) is 3. The smallest absolute Gasteiger partial charge is 0.169 e. The number of carbonyl (C=O) groups is 1. The van der Waals surface area contributed by atoms with Gasteiger partial charge in [0.1, 0.15) is 5.76 Å². The summed E-state index contributed by atoms with van der Waals surface area (Å²) in [7, 11) is 0. The Balaban J connectivity index is 1.91. The summed E-state index contributed by atoms with van der Waals surface area (Å²) in [5, 5.41) is 3.24. The molecule has 3 nitrogen and oxygen atoms in total. The molecule has 1 aliphatic heterocycles.